The lowest BCUT2D eigenvalue weighted by atomic mass is 10.1. The lowest BCUT2D eigenvalue weighted by Crippen LogP contribution is -2.00. The number of thiol groups is 1. The van der Waals surface area contributed by atoms with Crippen LogP contribution in [0.5, 0.6) is 5.75 Å². The van der Waals surface area contributed by atoms with Gasteiger partial charge in [0.05, 0.1) is 12.7 Å². The zero-order valence-corrected chi connectivity index (χ0v) is 10.7. The van der Waals surface area contributed by atoms with Gasteiger partial charge in [-0.15, -0.1) is 12.6 Å². The Hall–Kier alpha value is -1.14. The summed E-state index contributed by atoms with van der Waals surface area (Å²) in [5.74, 6) is 0.923. The second-order valence-electron chi connectivity index (χ2n) is 3.80. The van der Waals surface area contributed by atoms with Crippen molar-refractivity contribution in [3.8, 4) is 11.8 Å². The third-order valence-corrected chi connectivity index (χ3v) is 3.13. The molecule has 0 amide bonds. The van der Waals surface area contributed by atoms with E-state index in [1.807, 2.05) is 26.0 Å². The molecule has 0 N–H and O–H groups in total. The molecule has 0 atom stereocenters. The fourth-order valence-electron chi connectivity index (χ4n) is 1.43. The zero-order valence-electron chi connectivity index (χ0n) is 9.79. The predicted molar refractivity (Wildman–Crippen MR) is 68.1 cm³/mol. The van der Waals surface area contributed by atoms with Gasteiger partial charge in [-0.3, -0.25) is 0 Å². The van der Waals surface area contributed by atoms with E-state index in [1.165, 1.54) is 0 Å². The quantitative estimate of drug-likeness (QED) is 0.624. The molecule has 1 aromatic rings. The molecule has 0 aliphatic carbocycles. The highest BCUT2D eigenvalue weighted by atomic mass is 32.1. The first kappa shape index (κ1) is 12.9. The number of hydrogen-bond acceptors (Lipinski definition) is 3. The maximum Gasteiger partial charge on any atom is 0.122 e. The summed E-state index contributed by atoms with van der Waals surface area (Å²) >= 11 is 4.36. The molecule has 0 fully saturated rings. The van der Waals surface area contributed by atoms with Gasteiger partial charge in [-0.1, -0.05) is 0 Å². The minimum Gasteiger partial charge on any atom is -0.493 e. The van der Waals surface area contributed by atoms with Gasteiger partial charge in [-0.2, -0.15) is 5.26 Å². The highest BCUT2D eigenvalue weighted by Crippen LogP contribution is 2.26. The van der Waals surface area contributed by atoms with E-state index in [1.54, 1.807) is 0 Å². The summed E-state index contributed by atoms with van der Waals surface area (Å²) in [6.45, 7) is 4.76. The molecule has 16 heavy (non-hydrogen) atoms. The largest absolute Gasteiger partial charge is 0.493 e. The molecule has 0 aliphatic heterocycles. The average Bonchev–Trinajstić information content (AvgIpc) is 2.28. The highest BCUT2D eigenvalue weighted by molar-refractivity contribution is 7.80. The Labute approximate surface area is 103 Å². The summed E-state index contributed by atoms with van der Waals surface area (Å²) in [5, 5.41) is 8.39. The van der Waals surface area contributed by atoms with E-state index in [2.05, 4.69) is 18.7 Å². The Morgan fingerprint density at radius 3 is 2.69 bits per heavy atom. The van der Waals surface area contributed by atoms with Gasteiger partial charge in [0.25, 0.3) is 0 Å². The van der Waals surface area contributed by atoms with Crippen LogP contribution < -0.4 is 4.74 Å². The van der Waals surface area contributed by atoms with Crippen LogP contribution in [0.15, 0.2) is 17.0 Å². The molecule has 1 rings (SSSR count). The lowest BCUT2D eigenvalue weighted by molar-refractivity contribution is 0.305. The van der Waals surface area contributed by atoms with E-state index in [-0.39, 0.29) is 0 Å². The van der Waals surface area contributed by atoms with Crippen LogP contribution in [0.2, 0.25) is 0 Å². The number of rotatable bonds is 5. The van der Waals surface area contributed by atoms with E-state index in [0.717, 1.165) is 34.6 Å². The van der Waals surface area contributed by atoms with Gasteiger partial charge in [-0.25, -0.2) is 0 Å². The molecular formula is C13H17NOS. The van der Waals surface area contributed by atoms with Crippen LogP contribution >= 0.6 is 12.6 Å². The van der Waals surface area contributed by atoms with Crippen LogP contribution in [0.1, 0.15) is 30.4 Å². The van der Waals surface area contributed by atoms with Crippen molar-refractivity contribution in [1.82, 2.24) is 0 Å². The van der Waals surface area contributed by atoms with Crippen molar-refractivity contribution in [2.75, 3.05) is 6.61 Å². The third-order valence-electron chi connectivity index (χ3n) is 2.65. The fourth-order valence-corrected chi connectivity index (χ4v) is 1.67. The van der Waals surface area contributed by atoms with Crippen molar-refractivity contribution in [2.45, 2.75) is 38.0 Å². The first-order valence-corrected chi connectivity index (χ1v) is 5.90. The first-order valence-electron chi connectivity index (χ1n) is 5.45. The van der Waals surface area contributed by atoms with Crippen molar-refractivity contribution in [2.24, 2.45) is 0 Å². The van der Waals surface area contributed by atoms with Gasteiger partial charge >= 0.3 is 0 Å². The minimum absolute atomic E-state index is 0.608. The summed E-state index contributed by atoms with van der Waals surface area (Å²) in [6, 6.07) is 6.04. The summed E-state index contributed by atoms with van der Waals surface area (Å²) in [4.78, 5) is 0.995. The fraction of sp³-hybridized carbons (Fsp3) is 0.462. The summed E-state index contributed by atoms with van der Waals surface area (Å²) in [7, 11) is 0. The third kappa shape index (κ3) is 3.46. The van der Waals surface area contributed by atoms with Gasteiger partial charge in [0.2, 0.25) is 0 Å². The maximum atomic E-state index is 8.39. The van der Waals surface area contributed by atoms with Crippen molar-refractivity contribution in [3.63, 3.8) is 0 Å². The van der Waals surface area contributed by atoms with Gasteiger partial charge < -0.3 is 4.74 Å². The van der Waals surface area contributed by atoms with Crippen LogP contribution in [0, 0.1) is 25.2 Å². The molecule has 86 valence electrons. The summed E-state index contributed by atoms with van der Waals surface area (Å²) < 4.78 is 5.68. The summed E-state index contributed by atoms with van der Waals surface area (Å²) in [5.41, 5.74) is 2.31. The van der Waals surface area contributed by atoms with E-state index >= 15 is 0 Å². The Balaban J connectivity index is 2.49. The Morgan fingerprint density at radius 1 is 1.25 bits per heavy atom. The van der Waals surface area contributed by atoms with Gasteiger partial charge in [-0.05, 0) is 49.9 Å². The summed E-state index contributed by atoms with van der Waals surface area (Å²) in [6.07, 6.45) is 2.44. The number of nitrogens with zero attached hydrogens (tertiary/aromatic N) is 1. The second-order valence-corrected chi connectivity index (χ2v) is 4.28. The molecular weight excluding hydrogens is 218 g/mol. The van der Waals surface area contributed by atoms with Crippen LogP contribution in [0.25, 0.3) is 0 Å². The number of unbranched alkanes of at least 4 members (excludes halogenated alkanes) is 2. The molecule has 0 saturated heterocycles. The van der Waals surface area contributed by atoms with Crippen molar-refractivity contribution >= 4 is 12.6 Å². The SMILES string of the molecule is Cc1c(S)ccc(OCCCCC#N)c1C. The molecule has 0 bridgehead atoms. The van der Waals surface area contributed by atoms with E-state index < -0.39 is 0 Å². The maximum absolute atomic E-state index is 8.39. The van der Waals surface area contributed by atoms with Crippen molar-refractivity contribution in [3.05, 3.63) is 23.3 Å². The van der Waals surface area contributed by atoms with Crippen LogP contribution in [0.4, 0.5) is 0 Å². The second kappa shape index (κ2) is 6.44. The Bertz CT molecular complexity index is 396. The molecule has 1 aromatic carbocycles. The van der Waals surface area contributed by atoms with Crippen molar-refractivity contribution in [1.29, 1.82) is 5.26 Å². The average molecular weight is 235 g/mol. The van der Waals surface area contributed by atoms with Crippen LogP contribution in [-0.2, 0) is 0 Å². The van der Waals surface area contributed by atoms with E-state index in [4.69, 9.17) is 10.00 Å². The van der Waals surface area contributed by atoms with E-state index in [0.29, 0.717) is 13.0 Å². The van der Waals surface area contributed by atoms with Gasteiger partial charge in [0.1, 0.15) is 5.75 Å². The topological polar surface area (TPSA) is 33.0 Å². The number of hydrogen-bond donors (Lipinski definition) is 1. The molecule has 0 saturated carbocycles. The number of ether oxygens (including phenoxy) is 1. The smallest absolute Gasteiger partial charge is 0.122 e. The standard InChI is InChI=1S/C13H17NOS/c1-10-11(2)13(16)7-6-12(10)15-9-5-3-4-8-14/h6-7,16H,3-5,9H2,1-2H3. The number of nitriles is 1. The molecule has 2 nitrogen and oxygen atoms in total. The molecule has 3 heteroatoms. The molecule has 0 unspecified atom stereocenters. The normalized spacial score (nSPS) is 9.88. The Morgan fingerprint density at radius 2 is 2.00 bits per heavy atom. The monoisotopic (exact) mass is 235 g/mol. The van der Waals surface area contributed by atoms with Crippen molar-refractivity contribution < 1.29 is 4.74 Å². The minimum atomic E-state index is 0.608. The zero-order chi connectivity index (χ0) is 12.0. The number of benzene rings is 1. The highest BCUT2D eigenvalue weighted by Gasteiger charge is 2.04. The lowest BCUT2D eigenvalue weighted by Gasteiger charge is -2.12. The predicted octanol–water partition coefficient (Wildman–Crippen LogP) is 3.66. The molecule has 0 aromatic heterocycles. The molecule has 0 spiro atoms. The van der Waals surface area contributed by atoms with E-state index in [9.17, 15) is 0 Å². The van der Waals surface area contributed by atoms with Gasteiger partial charge in [0.15, 0.2) is 0 Å². The van der Waals surface area contributed by atoms with Crippen LogP contribution in [-0.4, -0.2) is 6.61 Å². The van der Waals surface area contributed by atoms with Gasteiger partial charge in [0, 0.05) is 11.3 Å². The molecule has 0 heterocycles. The van der Waals surface area contributed by atoms with Crippen LogP contribution in [0.3, 0.4) is 0 Å². The first-order chi connectivity index (χ1) is 7.66. The Kier molecular flexibility index (Phi) is 5.21. The molecule has 0 radical (unpaired) electrons. The molecule has 0 aliphatic rings.